The van der Waals surface area contributed by atoms with Gasteiger partial charge in [-0.05, 0) is 24.7 Å². The first-order valence-corrected chi connectivity index (χ1v) is 7.33. The van der Waals surface area contributed by atoms with Crippen molar-refractivity contribution in [2.24, 2.45) is 5.41 Å². The quantitative estimate of drug-likeness (QED) is 0.531. The summed E-state index contributed by atoms with van der Waals surface area (Å²) in [7, 11) is 0. The van der Waals surface area contributed by atoms with Crippen molar-refractivity contribution < 1.29 is 0 Å². The number of unbranched alkanes of at least 4 members (excludes halogenated alkanes) is 3. The third-order valence-electron chi connectivity index (χ3n) is 3.95. The molecule has 0 aromatic heterocycles. The lowest BCUT2D eigenvalue weighted by Gasteiger charge is -2.33. The van der Waals surface area contributed by atoms with E-state index < -0.39 is 0 Å². The highest BCUT2D eigenvalue weighted by Crippen LogP contribution is 2.32. The molecule has 1 heteroatoms. The monoisotopic (exact) mass is 227 g/mol. The van der Waals surface area contributed by atoms with E-state index in [0.29, 0.717) is 11.5 Å². The smallest absolute Gasteiger partial charge is 0.00106 e. The van der Waals surface area contributed by atoms with Crippen molar-refractivity contribution in [3.05, 3.63) is 0 Å². The van der Waals surface area contributed by atoms with Gasteiger partial charge in [0.05, 0.1) is 0 Å². The molecule has 0 aliphatic rings. The highest BCUT2D eigenvalue weighted by molar-refractivity contribution is 4.79. The van der Waals surface area contributed by atoms with Crippen LogP contribution in [0.4, 0.5) is 0 Å². The molecule has 0 aromatic rings. The molecule has 0 fully saturated rings. The Balaban J connectivity index is 4.00. The zero-order chi connectivity index (χ0) is 12.4. The molecule has 0 saturated heterocycles. The van der Waals surface area contributed by atoms with Crippen LogP contribution in [0.15, 0.2) is 0 Å². The lowest BCUT2D eigenvalue weighted by Crippen LogP contribution is -2.37. The van der Waals surface area contributed by atoms with Crippen molar-refractivity contribution >= 4 is 0 Å². The number of rotatable bonds is 10. The summed E-state index contributed by atoms with van der Waals surface area (Å²) in [5.74, 6) is 0. The Labute approximate surface area is 103 Å². The molecule has 0 amide bonds. The number of hydrogen-bond acceptors (Lipinski definition) is 1. The van der Waals surface area contributed by atoms with Gasteiger partial charge in [-0.3, -0.25) is 0 Å². The maximum atomic E-state index is 3.63. The summed E-state index contributed by atoms with van der Waals surface area (Å²) in [5, 5.41) is 3.63. The fourth-order valence-electron chi connectivity index (χ4n) is 2.29. The van der Waals surface area contributed by atoms with Gasteiger partial charge in [0.25, 0.3) is 0 Å². The molecular formula is C15H33N. The molecule has 0 saturated carbocycles. The zero-order valence-electron chi connectivity index (χ0n) is 12.2. The van der Waals surface area contributed by atoms with Crippen molar-refractivity contribution in [2.45, 2.75) is 85.6 Å². The van der Waals surface area contributed by atoms with E-state index in [4.69, 9.17) is 0 Å². The van der Waals surface area contributed by atoms with Gasteiger partial charge in [-0.1, -0.05) is 60.3 Å². The summed E-state index contributed by atoms with van der Waals surface area (Å²) in [6.07, 6.45) is 9.61. The van der Waals surface area contributed by atoms with Crippen LogP contribution >= 0.6 is 0 Å². The van der Waals surface area contributed by atoms with E-state index in [0.717, 1.165) is 0 Å². The van der Waals surface area contributed by atoms with Crippen LogP contribution in [-0.2, 0) is 0 Å². The molecule has 0 atom stereocenters. The molecule has 1 N–H and O–H groups in total. The first kappa shape index (κ1) is 16.0. The Morgan fingerprint density at radius 2 is 1.56 bits per heavy atom. The second kappa shape index (κ2) is 9.04. The van der Waals surface area contributed by atoms with E-state index in [1.165, 1.54) is 51.5 Å². The molecule has 0 unspecified atom stereocenters. The molecule has 0 spiro atoms. The van der Waals surface area contributed by atoms with Gasteiger partial charge in [-0.25, -0.2) is 0 Å². The van der Waals surface area contributed by atoms with Gasteiger partial charge in [0, 0.05) is 12.6 Å². The molecule has 0 aliphatic heterocycles. The number of nitrogens with one attached hydrogen (secondary N) is 1. The number of hydrogen-bond donors (Lipinski definition) is 1. The molecule has 0 bridgehead atoms. The Morgan fingerprint density at radius 3 is 2.00 bits per heavy atom. The first-order chi connectivity index (χ1) is 7.60. The van der Waals surface area contributed by atoms with Crippen LogP contribution in [0, 0.1) is 5.41 Å². The summed E-state index contributed by atoms with van der Waals surface area (Å²) < 4.78 is 0. The third-order valence-corrected chi connectivity index (χ3v) is 3.95. The van der Waals surface area contributed by atoms with E-state index in [9.17, 15) is 0 Å². The van der Waals surface area contributed by atoms with E-state index in [-0.39, 0.29) is 0 Å². The summed E-state index contributed by atoms with van der Waals surface area (Å²) in [6, 6.07) is 0.619. The van der Waals surface area contributed by atoms with Gasteiger partial charge in [0.15, 0.2) is 0 Å². The van der Waals surface area contributed by atoms with Crippen LogP contribution in [-0.4, -0.2) is 12.6 Å². The minimum Gasteiger partial charge on any atom is -0.314 e. The summed E-state index contributed by atoms with van der Waals surface area (Å²) in [6.45, 7) is 12.7. The van der Waals surface area contributed by atoms with Crippen LogP contribution in [0.2, 0.25) is 0 Å². The van der Waals surface area contributed by atoms with Crippen LogP contribution in [0.1, 0.15) is 79.6 Å². The van der Waals surface area contributed by atoms with E-state index in [1.54, 1.807) is 0 Å². The molecule has 0 heterocycles. The second-order valence-corrected chi connectivity index (χ2v) is 5.55. The van der Waals surface area contributed by atoms with Gasteiger partial charge in [-0.2, -0.15) is 0 Å². The third kappa shape index (κ3) is 6.52. The lowest BCUT2D eigenvalue weighted by atomic mass is 9.77. The Hall–Kier alpha value is -0.0400. The largest absolute Gasteiger partial charge is 0.314 e. The van der Waals surface area contributed by atoms with Gasteiger partial charge in [-0.15, -0.1) is 0 Å². The van der Waals surface area contributed by atoms with Crippen molar-refractivity contribution in [1.29, 1.82) is 0 Å². The molecule has 1 nitrogen and oxygen atoms in total. The standard InChI is InChI=1S/C15H33N/c1-6-9-10-11-12-15(7-2,8-3)13-16-14(4)5/h14,16H,6-13H2,1-5H3. The molecule has 0 aliphatic carbocycles. The topological polar surface area (TPSA) is 12.0 Å². The summed E-state index contributed by atoms with van der Waals surface area (Å²) in [4.78, 5) is 0. The molecule has 0 aromatic carbocycles. The van der Waals surface area contributed by atoms with E-state index in [1.807, 2.05) is 0 Å². The predicted molar refractivity (Wildman–Crippen MR) is 74.9 cm³/mol. The van der Waals surface area contributed by atoms with Gasteiger partial charge in [0.2, 0.25) is 0 Å². The minimum atomic E-state index is 0.554. The summed E-state index contributed by atoms with van der Waals surface area (Å²) >= 11 is 0. The fourth-order valence-corrected chi connectivity index (χ4v) is 2.29. The Bertz CT molecular complexity index is 148. The molecule has 0 rings (SSSR count). The first-order valence-electron chi connectivity index (χ1n) is 7.33. The SMILES string of the molecule is CCCCCCC(CC)(CC)CNC(C)C. The normalized spacial score (nSPS) is 12.4. The average molecular weight is 227 g/mol. The second-order valence-electron chi connectivity index (χ2n) is 5.55. The average Bonchev–Trinajstić information content (AvgIpc) is 2.29. The maximum Gasteiger partial charge on any atom is 0.00106 e. The zero-order valence-corrected chi connectivity index (χ0v) is 12.2. The van der Waals surface area contributed by atoms with Crippen molar-refractivity contribution in [3.8, 4) is 0 Å². The lowest BCUT2D eigenvalue weighted by molar-refractivity contribution is 0.214. The molecule has 16 heavy (non-hydrogen) atoms. The van der Waals surface area contributed by atoms with E-state index in [2.05, 4.69) is 39.9 Å². The van der Waals surface area contributed by atoms with Crippen molar-refractivity contribution in [1.82, 2.24) is 5.32 Å². The van der Waals surface area contributed by atoms with Crippen LogP contribution in [0.3, 0.4) is 0 Å². The van der Waals surface area contributed by atoms with Crippen LogP contribution in [0.25, 0.3) is 0 Å². The van der Waals surface area contributed by atoms with Crippen LogP contribution < -0.4 is 5.32 Å². The van der Waals surface area contributed by atoms with Crippen molar-refractivity contribution in [2.75, 3.05) is 6.54 Å². The van der Waals surface area contributed by atoms with Crippen LogP contribution in [0.5, 0.6) is 0 Å². The fraction of sp³-hybridized carbons (Fsp3) is 1.00. The molecule has 98 valence electrons. The Morgan fingerprint density at radius 1 is 0.938 bits per heavy atom. The maximum absolute atomic E-state index is 3.63. The minimum absolute atomic E-state index is 0.554. The predicted octanol–water partition coefficient (Wildman–Crippen LogP) is 4.76. The summed E-state index contributed by atoms with van der Waals surface area (Å²) in [5.41, 5.74) is 0.554. The van der Waals surface area contributed by atoms with Gasteiger partial charge in [0.1, 0.15) is 0 Å². The van der Waals surface area contributed by atoms with Crippen molar-refractivity contribution in [3.63, 3.8) is 0 Å². The highest BCUT2D eigenvalue weighted by Gasteiger charge is 2.25. The molecule has 0 radical (unpaired) electrons. The van der Waals surface area contributed by atoms with E-state index >= 15 is 0 Å². The highest BCUT2D eigenvalue weighted by atomic mass is 14.9. The molecular weight excluding hydrogens is 194 g/mol. The Kier molecular flexibility index (Phi) is 9.02. The van der Waals surface area contributed by atoms with Gasteiger partial charge >= 0.3 is 0 Å². The van der Waals surface area contributed by atoms with Gasteiger partial charge < -0.3 is 5.32 Å².